The molecule has 3 atom stereocenters. The largest absolute Gasteiger partial charge is 0.443 e. The van der Waals surface area contributed by atoms with E-state index in [0.29, 0.717) is 18.7 Å². The third kappa shape index (κ3) is 4.59. The summed E-state index contributed by atoms with van der Waals surface area (Å²) >= 11 is 0. The van der Waals surface area contributed by atoms with E-state index in [-0.39, 0.29) is 34.1 Å². The zero-order chi connectivity index (χ0) is 25.9. The van der Waals surface area contributed by atoms with Gasteiger partial charge in [0.2, 0.25) is 15.9 Å². The number of nitrogens with zero attached hydrogens (tertiary/aromatic N) is 3. The van der Waals surface area contributed by atoms with E-state index < -0.39 is 16.1 Å². The Balaban J connectivity index is 1.32. The van der Waals surface area contributed by atoms with Crippen molar-refractivity contribution in [3.8, 4) is 0 Å². The number of rotatable bonds is 6. The van der Waals surface area contributed by atoms with Gasteiger partial charge in [-0.1, -0.05) is 37.6 Å². The maximum Gasteiger partial charge on any atom is 0.243 e. The van der Waals surface area contributed by atoms with Gasteiger partial charge in [-0.05, 0) is 86.1 Å². The van der Waals surface area contributed by atoms with Crippen LogP contribution in [-0.4, -0.2) is 47.1 Å². The quantitative estimate of drug-likeness (QED) is 0.448. The zero-order valence-corrected chi connectivity index (χ0v) is 22.6. The first-order chi connectivity index (χ1) is 17.6. The number of amides is 1. The van der Waals surface area contributed by atoms with Crippen LogP contribution >= 0.6 is 0 Å². The van der Waals surface area contributed by atoms with Crippen molar-refractivity contribution < 1.29 is 17.6 Å². The molecule has 1 saturated heterocycles. The Morgan fingerprint density at radius 1 is 1.14 bits per heavy atom. The Labute approximate surface area is 218 Å². The molecule has 1 aromatic heterocycles. The SMILES string of the molecule is Cc1ccc(S(=O)(=O)N2C[C@H]3C[C@H]3[C@@H]2C(=O)N(Cc2ccc3ncoc3c2)C2CCC(C)(C)CC2)cc1. The topological polar surface area (TPSA) is 83.7 Å². The number of aryl methyl sites for hydroxylation is 1. The minimum atomic E-state index is -3.77. The summed E-state index contributed by atoms with van der Waals surface area (Å²) in [5.74, 6) is 0.321. The first-order valence-electron chi connectivity index (χ1n) is 13.3. The molecule has 3 fully saturated rings. The molecule has 1 amide bonds. The molecular formula is C29H35N3O4S. The number of fused-ring (bicyclic) bond motifs is 2. The van der Waals surface area contributed by atoms with E-state index in [0.717, 1.165) is 48.7 Å². The first-order valence-corrected chi connectivity index (χ1v) is 14.8. The van der Waals surface area contributed by atoms with Gasteiger partial charge in [-0.15, -0.1) is 0 Å². The molecule has 196 valence electrons. The highest BCUT2D eigenvalue weighted by Crippen LogP contribution is 2.52. The molecule has 2 aromatic carbocycles. The van der Waals surface area contributed by atoms with E-state index in [4.69, 9.17) is 4.42 Å². The van der Waals surface area contributed by atoms with Crippen molar-refractivity contribution in [2.75, 3.05) is 6.54 Å². The second-order valence-electron chi connectivity index (χ2n) is 12.0. The fraction of sp³-hybridized carbons (Fsp3) is 0.517. The number of sulfonamides is 1. The van der Waals surface area contributed by atoms with Crippen LogP contribution in [0.25, 0.3) is 11.1 Å². The normalized spacial score (nSPS) is 25.8. The average Bonchev–Trinajstić information content (AvgIpc) is 3.29. The number of benzene rings is 2. The Bertz CT molecular complexity index is 1420. The second-order valence-corrected chi connectivity index (χ2v) is 13.9. The van der Waals surface area contributed by atoms with Gasteiger partial charge < -0.3 is 9.32 Å². The molecule has 37 heavy (non-hydrogen) atoms. The lowest BCUT2D eigenvalue weighted by Gasteiger charge is -2.42. The number of oxazole rings is 1. The Hall–Kier alpha value is -2.71. The van der Waals surface area contributed by atoms with Crippen molar-refractivity contribution in [2.45, 2.75) is 76.4 Å². The summed E-state index contributed by atoms with van der Waals surface area (Å²) in [6.07, 6.45) is 6.30. The van der Waals surface area contributed by atoms with Crippen molar-refractivity contribution in [1.82, 2.24) is 14.2 Å². The van der Waals surface area contributed by atoms with Gasteiger partial charge >= 0.3 is 0 Å². The lowest BCUT2D eigenvalue weighted by molar-refractivity contribution is -0.139. The number of carbonyl (C=O) groups is 1. The average molecular weight is 522 g/mol. The summed E-state index contributed by atoms with van der Waals surface area (Å²) in [5.41, 5.74) is 3.72. The second kappa shape index (κ2) is 8.95. The third-order valence-electron chi connectivity index (χ3n) is 8.77. The molecule has 0 radical (unpaired) electrons. The van der Waals surface area contributed by atoms with Crippen LogP contribution in [0.1, 0.15) is 57.1 Å². The Kier molecular flexibility index (Phi) is 5.95. The van der Waals surface area contributed by atoms with Crippen molar-refractivity contribution in [3.63, 3.8) is 0 Å². The van der Waals surface area contributed by atoms with Gasteiger partial charge in [0, 0.05) is 19.1 Å². The first kappa shape index (κ1) is 24.6. The number of hydrogen-bond acceptors (Lipinski definition) is 5. The fourth-order valence-corrected chi connectivity index (χ4v) is 7.96. The van der Waals surface area contributed by atoms with Crippen molar-refractivity contribution in [2.24, 2.45) is 17.3 Å². The van der Waals surface area contributed by atoms with Gasteiger partial charge in [0.15, 0.2) is 12.0 Å². The molecule has 2 heterocycles. The van der Waals surface area contributed by atoms with E-state index in [1.54, 1.807) is 12.1 Å². The molecule has 0 unspecified atom stereocenters. The summed E-state index contributed by atoms with van der Waals surface area (Å²) < 4.78 is 34.5. The van der Waals surface area contributed by atoms with Crippen LogP contribution < -0.4 is 0 Å². The van der Waals surface area contributed by atoms with E-state index in [2.05, 4.69) is 18.8 Å². The van der Waals surface area contributed by atoms with Crippen LogP contribution in [-0.2, 0) is 21.4 Å². The van der Waals surface area contributed by atoms with Gasteiger partial charge in [-0.25, -0.2) is 13.4 Å². The molecule has 2 saturated carbocycles. The molecule has 0 bridgehead atoms. The molecule has 8 heteroatoms. The van der Waals surface area contributed by atoms with Crippen LogP contribution in [0.3, 0.4) is 0 Å². The van der Waals surface area contributed by atoms with E-state index in [1.807, 2.05) is 42.2 Å². The number of hydrogen-bond donors (Lipinski definition) is 0. The zero-order valence-electron chi connectivity index (χ0n) is 21.8. The number of aromatic nitrogens is 1. The summed E-state index contributed by atoms with van der Waals surface area (Å²) in [6.45, 7) is 7.37. The third-order valence-corrected chi connectivity index (χ3v) is 10.6. The highest BCUT2D eigenvalue weighted by atomic mass is 32.2. The fourth-order valence-electron chi connectivity index (χ4n) is 6.27. The Morgan fingerprint density at radius 3 is 2.59 bits per heavy atom. The van der Waals surface area contributed by atoms with E-state index in [9.17, 15) is 13.2 Å². The minimum absolute atomic E-state index is 0.0527. The van der Waals surface area contributed by atoms with Gasteiger partial charge in [0.05, 0.1) is 4.90 Å². The predicted molar refractivity (Wildman–Crippen MR) is 141 cm³/mol. The van der Waals surface area contributed by atoms with Gasteiger partial charge in [-0.2, -0.15) is 4.31 Å². The van der Waals surface area contributed by atoms with Crippen LogP contribution in [0.4, 0.5) is 0 Å². The molecule has 7 nitrogen and oxygen atoms in total. The maximum atomic E-state index is 14.4. The van der Waals surface area contributed by atoms with Crippen molar-refractivity contribution in [3.05, 3.63) is 60.0 Å². The van der Waals surface area contributed by atoms with Gasteiger partial charge in [0.1, 0.15) is 11.6 Å². The highest BCUT2D eigenvalue weighted by Gasteiger charge is 2.60. The number of piperidine rings is 1. The van der Waals surface area contributed by atoms with Crippen LogP contribution in [0.2, 0.25) is 0 Å². The van der Waals surface area contributed by atoms with E-state index >= 15 is 0 Å². The summed E-state index contributed by atoms with van der Waals surface area (Å²) in [4.78, 5) is 20.8. The monoisotopic (exact) mass is 521 g/mol. The van der Waals surface area contributed by atoms with Crippen LogP contribution in [0.15, 0.2) is 58.2 Å². The molecular weight excluding hydrogens is 486 g/mol. The molecule has 3 aliphatic rings. The van der Waals surface area contributed by atoms with Gasteiger partial charge in [-0.3, -0.25) is 4.79 Å². The molecule has 1 aliphatic heterocycles. The van der Waals surface area contributed by atoms with Gasteiger partial charge in [0.25, 0.3) is 0 Å². The molecule has 6 rings (SSSR count). The summed E-state index contributed by atoms with van der Waals surface area (Å²) in [6, 6.07) is 12.3. The van der Waals surface area contributed by atoms with E-state index in [1.165, 1.54) is 10.7 Å². The molecule has 2 aliphatic carbocycles. The summed E-state index contributed by atoms with van der Waals surface area (Å²) in [5, 5.41) is 0. The smallest absolute Gasteiger partial charge is 0.243 e. The molecule has 0 N–H and O–H groups in total. The summed E-state index contributed by atoms with van der Waals surface area (Å²) in [7, 11) is -3.77. The van der Waals surface area contributed by atoms with Crippen LogP contribution in [0, 0.1) is 24.2 Å². The van der Waals surface area contributed by atoms with Crippen molar-refractivity contribution >= 4 is 27.0 Å². The standard InChI is InChI=1S/C29H35N3O4S/c1-19-4-7-23(8-5-19)37(34,35)32-17-21-15-24(21)27(32)28(33)31(22-10-12-29(2,3)13-11-22)16-20-6-9-25-26(14-20)36-18-30-25/h4-9,14,18,21-22,24,27H,10-13,15-17H2,1-3H3/t21-,24-,27-/m1/s1. The molecule has 3 aromatic rings. The lowest BCUT2D eigenvalue weighted by Crippen LogP contribution is -2.53. The molecule has 0 spiro atoms. The van der Waals surface area contributed by atoms with Crippen LogP contribution in [0.5, 0.6) is 0 Å². The Morgan fingerprint density at radius 2 is 1.86 bits per heavy atom. The predicted octanol–water partition coefficient (Wildman–Crippen LogP) is 5.14. The highest BCUT2D eigenvalue weighted by molar-refractivity contribution is 7.89. The number of carbonyl (C=O) groups excluding carboxylic acids is 1. The lowest BCUT2D eigenvalue weighted by atomic mass is 9.75. The van der Waals surface area contributed by atoms with Crippen molar-refractivity contribution in [1.29, 1.82) is 0 Å². The minimum Gasteiger partial charge on any atom is -0.443 e. The maximum absolute atomic E-state index is 14.4.